The number of aliphatic hydroxyl groups excluding tert-OH is 1. The minimum absolute atomic E-state index is 0.0141. The molecule has 0 aromatic carbocycles. The average molecular weight is 507 g/mol. The van der Waals surface area contributed by atoms with Crippen LogP contribution in [0.15, 0.2) is 25.3 Å². The lowest BCUT2D eigenvalue weighted by molar-refractivity contribution is -0.154. The summed E-state index contributed by atoms with van der Waals surface area (Å²) in [5.41, 5.74) is 0. The highest BCUT2D eigenvalue weighted by Crippen LogP contribution is 2.68. The molecule has 8 heteroatoms. The van der Waals surface area contributed by atoms with Gasteiger partial charge in [0, 0.05) is 31.0 Å². The van der Waals surface area contributed by atoms with Crippen molar-refractivity contribution < 1.29 is 24.2 Å². The number of amides is 2. The molecular weight excluding hydrogens is 464 g/mol. The molecule has 3 rings (SSSR count). The number of ether oxygens (including phenoxy) is 1. The fourth-order valence-electron chi connectivity index (χ4n) is 6.40. The number of rotatable bonds is 14. The van der Waals surface area contributed by atoms with Gasteiger partial charge in [-0.25, -0.2) is 0 Å². The summed E-state index contributed by atoms with van der Waals surface area (Å²) in [5, 5.41) is 9.50. The van der Waals surface area contributed by atoms with Gasteiger partial charge in [0.2, 0.25) is 11.8 Å². The number of esters is 1. The number of aliphatic hydroxyl groups is 1. The number of thioether (sulfide) groups is 1. The molecule has 1 N–H and O–H groups in total. The van der Waals surface area contributed by atoms with E-state index in [-0.39, 0.29) is 41.6 Å². The quantitative estimate of drug-likeness (QED) is 0.221. The molecule has 0 aromatic heterocycles. The Bertz CT molecular complexity index is 819. The number of hydrogen-bond acceptors (Lipinski definition) is 6. The predicted octanol–water partition coefficient (Wildman–Crippen LogP) is 3.42. The Balaban J connectivity index is 1.98. The number of likely N-dealkylation sites (tertiary alicyclic amines) is 1. The van der Waals surface area contributed by atoms with Gasteiger partial charge in [0.1, 0.15) is 6.04 Å². The smallest absolute Gasteiger partial charge is 0.310 e. The van der Waals surface area contributed by atoms with Crippen LogP contribution in [-0.2, 0) is 19.1 Å². The van der Waals surface area contributed by atoms with Gasteiger partial charge < -0.3 is 19.6 Å². The molecule has 1 spiro atoms. The standard InChI is InChI=1S/C27H42N2O5S/c1-6-9-10-16-34-26(33)21-20-17-18(4)27(35-20)22(21)24(31)29(14-11-15-30)23(27)25(32)28(13-8-3)19(5)12-7-2/h6,8,18-23,30H,1,3,7,9-17H2,2,4-5H3/t18?,19?,20-,21+,22+,23?,27?/m1/s1. The van der Waals surface area contributed by atoms with E-state index in [0.29, 0.717) is 32.5 Å². The van der Waals surface area contributed by atoms with E-state index < -0.39 is 22.6 Å². The first-order chi connectivity index (χ1) is 16.8. The summed E-state index contributed by atoms with van der Waals surface area (Å²) in [4.78, 5) is 44.9. The number of hydrogen-bond donors (Lipinski definition) is 1. The lowest BCUT2D eigenvalue weighted by atomic mass is 9.66. The lowest BCUT2D eigenvalue weighted by Crippen LogP contribution is -2.58. The maximum Gasteiger partial charge on any atom is 0.310 e. The zero-order valence-corrected chi connectivity index (χ0v) is 22.3. The maximum atomic E-state index is 14.2. The second-order valence-electron chi connectivity index (χ2n) is 10.2. The summed E-state index contributed by atoms with van der Waals surface area (Å²) in [6.07, 6.45) is 7.98. The second-order valence-corrected chi connectivity index (χ2v) is 11.7. The highest BCUT2D eigenvalue weighted by atomic mass is 32.2. The van der Waals surface area contributed by atoms with Crippen LogP contribution in [0.25, 0.3) is 0 Å². The van der Waals surface area contributed by atoms with Gasteiger partial charge in [-0.05, 0) is 44.9 Å². The normalized spacial score (nSPS) is 31.8. The molecule has 3 aliphatic rings. The maximum absolute atomic E-state index is 14.2. The molecule has 0 radical (unpaired) electrons. The zero-order chi connectivity index (χ0) is 25.8. The van der Waals surface area contributed by atoms with Crippen molar-refractivity contribution >= 4 is 29.5 Å². The van der Waals surface area contributed by atoms with Crippen LogP contribution in [0.3, 0.4) is 0 Å². The van der Waals surface area contributed by atoms with Crippen LogP contribution in [0.1, 0.15) is 59.3 Å². The summed E-state index contributed by atoms with van der Waals surface area (Å²) >= 11 is 1.66. The number of carbonyl (C=O) groups is 3. The van der Waals surface area contributed by atoms with Crippen molar-refractivity contribution in [2.24, 2.45) is 17.8 Å². The van der Waals surface area contributed by atoms with E-state index >= 15 is 0 Å². The molecule has 3 heterocycles. The van der Waals surface area contributed by atoms with Gasteiger partial charge >= 0.3 is 5.97 Å². The van der Waals surface area contributed by atoms with Crippen molar-refractivity contribution in [2.75, 3.05) is 26.3 Å². The molecule has 35 heavy (non-hydrogen) atoms. The van der Waals surface area contributed by atoms with E-state index in [1.54, 1.807) is 28.8 Å². The van der Waals surface area contributed by atoms with Crippen LogP contribution >= 0.6 is 11.8 Å². The molecule has 2 bridgehead atoms. The largest absolute Gasteiger partial charge is 0.465 e. The molecule has 4 unspecified atom stereocenters. The first-order valence-corrected chi connectivity index (χ1v) is 14.0. The van der Waals surface area contributed by atoms with Crippen LogP contribution < -0.4 is 0 Å². The SMILES string of the molecule is C=CCCCOC(=O)[C@@H]1[C@H]2C(=O)N(CCCO)C(C(=O)N(CC=C)C(C)CCC)C23S[C@@H]1CC3C. The van der Waals surface area contributed by atoms with Gasteiger partial charge in [-0.3, -0.25) is 14.4 Å². The van der Waals surface area contributed by atoms with Crippen molar-refractivity contribution in [3.63, 3.8) is 0 Å². The van der Waals surface area contributed by atoms with Crippen molar-refractivity contribution in [3.8, 4) is 0 Å². The Labute approximate surface area is 214 Å². The molecule has 3 fully saturated rings. The van der Waals surface area contributed by atoms with E-state index in [4.69, 9.17) is 4.74 Å². The fraction of sp³-hybridized carbons (Fsp3) is 0.741. The van der Waals surface area contributed by atoms with Crippen molar-refractivity contribution in [1.29, 1.82) is 0 Å². The fourth-order valence-corrected chi connectivity index (χ4v) is 8.81. The third-order valence-electron chi connectivity index (χ3n) is 7.95. The van der Waals surface area contributed by atoms with Crippen molar-refractivity contribution in [3.05, 3.63) is 25.3 Å². The number of allylic oxidation sites excluding steroid dienone is 1. The average Bonchev–Trinajstić information content (AvgIpc) is 3.42. The van der Waals surface area contributed by atoms with E-state index in [0.717, 1.165) is 25.7 Å². The summed E-state index contributed by atoms with van der Waals surface area (Å²) in [7, 11) is 0. The predicted molar refractivity (Wildman–Crippen MR) is 139 cm³/mol. The molecular formula is C27H42N2O5S. The third kappa shape index (κ3) is 4.93. The lowest BCUT2D eigenvalue weighted by Gasteiger charge is -2.41. The molecule has 0 saturated carbocycles. The van der Waals surface area contributed by atoms with E-state index in [1.807, 2.05) is 11.8 Å². The summed E-state index contributed by atoms with van der Waals surface area (Å²) in [6, 6.07) is -0.644. The van der Waals surface area contributed by atoms with Crippen LogP contribution in [0.5, 0.6) is 0 Å². The second kappa shape index (κ2) is 12.0. The van der Waals surface area contributed by atoms with Gasteiger partial charge in [-0.2, -0.15) is 0 Å². The zero-order valence-electron chi connectivity index (χ0n) is 21.5. The number of carbonyl (C=O) groups excluding carboxylic acids is 3. The van der Waals surface area contributed by atoms with Gasteiger partial charge in [0.15, 0.2) is 0 Å². The Morgan fingerprint density at radius 3 is 2.71 bits per heavy atom. The monoisotopic (exact) mass is 506 g/mol. The first-order valence-electron chi connectivity index (χ1n) is 13.1. The number of nitrogens with zero attached hydrogens (tertiary/aromatic N) is 2. The third-order valence-corrected chi connectivity index (χ3v) is 10.0. The van der Waals surface area contributed by atoms with E-state index in [1.165, 1.54) is 0 Å². The highest BCUT2D eigenvalue weighted by molar-refractivity contribution is 8.02. The number of fused-ring (bicyclic) bond motifs is 1. The molecule has 0 aromatic rings. The Morgan fingerprint density at radius 1 is 1.34 bits per heavy atom. The molecule has 196 valence electrons. The van der Waals surface area contributed by atoms with Gasteiger partial charge in [-0.1, -0.05) is 32.4 Å². The highest BCUT2D eigenvalue weighted by Gasteiger charge is 2.76. The molecule has 0 aliphatic carbocycles. The summed E-state index contributed by atoms with van der Waals surface area (Å²) in [5.74, 6) is -1.55. The van der Waals surface area contributed by atoms with E-state index in [9.17, 15) is 19.5 Å². The topological polar surface area (TPSA) is 87.1 Å². The minimum atomic E-state index is -0.662. The Kier molecular flexibility index (Phi) is 9.49. The molecule has 2 amide bonds. The number of unbranched alkanes of at least 4 members (excludes halogenated alkanes) is 1. The summed E-state index contributed by atoms with van der Waals surface area (Å²) in [6.45, 7) is 14.8. The van der Waals surface area contributed by atoms with Gasteiger partial charge in [-0.15, -0.1) is 24.9 Å². The molecule has 3 saturated heterocycles. The minimum Gasteiger partial charge on any atom is -0.465 e. The molecule has 7 nitrogen and oxygen atoms in total. The van der Waals surface area contributed by atoms with Gasteiger partial charge in [0.25, 0.3) is 0 Å². The van der Waals surface area contributed by atoms with Crippen molar-refractivity contribution in [2.45, 2.75) is 81.4 Å². The van der Waals surface area contributed by atoms with Gasteiger partial charge in [0.05, 0.1) is 23.2 Å². The summed E-state index contributed by atoms with van der Waals surface area (Å²) < 4.78 is 4.96. The van der Waals surface area contributed by atoms with Crippen LogP contribution in [0, 0.1) is 17.8 Å². The van der Waals surface area contributed by atoms with E-state index in [2.05, 4.69) is 27.0 Å². The Morgan fingerprint density at radius 2 is 2.09 bits per heavy atom. The van der Waals surface area contributed by atoms with Crippen LogP contribution in [0.2, 0.25) is 0 Å². The van der Waals surface area contributed by atoms with Crippen LogP contribution in [-0.4, -0.2) is 81.1 Å². The van der Waals surface area contributed by atoms with Crippen LogP contribution in [0.4, 0.5) is 0 Å². The first kappa shape index (κ1) is 27.8. The molecule has 3 aliphatic heterocycles. The van der Waals surface area contributed by atoms with Crippen molar-refractivity contribution in [1.82, 2.24) is 9.80 Å². The Hall–Kier alpha value is -1.80. The molecule has 7 atom stereocenters.